The van der Waals surface area contributed by atoms with E-state index in [2.05, 4.69) is 45.5 Å². The second-order valence-corrected chi connectivity index (χ2v) is 14.1. The van der Waals surface area contributed by atoms with Crippen molar-refractivity contribution in [2.24, 2.45) is 11.8 Å². The molecule has 60 heavy (non-hydrogen) atoms. The molecule has 1 atom stereocenters. The lowest BCUT2D eigenvalue weighted by Crippen LogP contribution is -2.39. The van der Waals surface area contributed by atoms with Crippen molar-refractivity contribution in [2.75, 3.05) is 64.2 Å². The van der Waals surface area contributed by atoms with Crippen molar-refractivity contribution < 1.29 is 38.4 Å². The summed E-state index contributed by atoms with van der Waals surface area (Å²) in [7, 11) is 7.64. The molecule has 1 unspecified atom stereocenters. The number of halogens is 1. The Hall–Kier alpha value is -6.63. The van der Waals surface area contributed by atoms with Gasteiger partial charge in [-0.1, -0.05) is 30.9 Å². The number of hydrogen-bond acceptors (Lipinski definition) is 16. The summed E-state index contributed by atoms with van der Waals surface area (Å²) in [4.78, 5) is 41.7. The first-order valence-corrected chi connectivity index (χ1v) is 19.6. The molecule has 20 heteroatoms. The number of anilines is 5. The number of carboxylic acids is 1. The van der Waals surface area contributed by atoms with E-state index in [4.69, 9.17) is 30.5 Å². The molecule has 1 saturated heterocycles. The third-order valence-electron chi connectivity index (χ3n) is 9.91. The van der Waals surface area contributed by atoms with Gasteiger partial charge < -0.3 is 44.3 Å². The summed E-state index contributed by atoms with van der Waals surface area (Å²) in [6, 6.07) is 10.6. The number of pyridine rings is 2. The van der Waals surface area contributed by atoms with Crippen molar-refractivity contribution in [2.45, 2.75) is 44.9 Å². The zero-order valence-electron chi connectivity index (χ0n) is 34.0. The van der Waals surface area contributed by atoms with Gasteiger partial charge in [-0.15, -0.1) is 5.10 Å². The molecule has 6 aromatic rings. The maximum absolute atomic E-state index is 11.4. The second-order valence-electron chi connectivity index (χ2n) is 13.7. The van der Waals surface area contributed by atoms with Crippen LogP contribution < -0.4 is 34.5 Å². The van der Waals surface area contributed by atoms with Gasteiger partial charge in [-0.05, 0) is 49.9 Å². The molecule has 1 saturated carbocycles. The molecule has 0 radical (unpaired) electrons. The predicted octanol–water partition coefficient (Wildman–Crippen LogP) is 6.46. The van der Waals surface area contributed by atoms with E-state index in [0.717, 1.165) is 25.8 Å². The standard InChI is InChI=1S/C19H22N6O4.C13H12ClN5O2.C8H14O2/c1-28-14-5-6-15(22-18(14)29-2)21-13-10-16(23-25-9-7-20-17(13)25)24-8-3-4-12(11-24)19(26)27;1-20-9-3-4-11(17-13(9)21-2)16-8-7-10(14)18-19-6-5-15-12(8)19;1-10-8(9)7-5-3-2-4-6-7/h5-7,9-10,12H,3-4,8,11H2,1-2H3,(H,21,22)(H,26,27);3-7H,1-2H3,(H,16,17);7H,2-6H2,1H3. The lowest BCUT2D eigenvalue weighted by molar-refractivity contribution is -0.146. The van der Waals surface area contributed by atoms with E-state index in [-0.39, 0.29) is 11.9 Å². The fraction of sp³-hybridized carbons (Fsp3) is 0.400. The smallest absolute Gasteiger partial charge is 0.308 e. The lowest BCUT2D eigenvalue weighted by Gasteiger charge is -2.31. The third-order valence-corrected chi connectivity index (χ3v) is 10.1. The zero-order chi connectivity index (χ0) is 42.6. The number of rotatable bonds is 11. The van der Waals surface area contributed by atoms with Gasteiger partial charge in [-0.2, -0.15) is 15.1 Å². The minimum Gasteiger partial charge on any atom is -0.491 e. The van der Waals surface area contributed by atoms with Crippen LogP contribution in [0.4, 0.5) is 28.8 Å². The molecule has 0 aromatic carbocycles. The number of hydrogen-bond donors (Lipinski definition) is 3. The molecular formula is C40H48ClN11O8. The van der Waals surface area contributed by atoms with E-state index in [1.54, 1.807) is 78.4 Å². The van der Waals surface area contributed by atoms with Gasteiger partial charge in [-0.25, -0.2) is 19.0 Å². The molecule has 0 spiro atoms. The highest BCUT2D eigenvalue weighted by atomic mass is 35.5. The van der Waals surface area contributed by atoms with Crippen LogP contribution in [0.3, 0.4) is 0 Å². The first kappa shape index (κ1) is 43.0. The molecule has 1 aliphatic heterocycles. The number of imidazole rings is 2. The van der Waals surface area contributed by atoms with Crippen LogP contribution in [-0.4, -0.2) is 105 Å². The molecule has 7 heterocycles. The molecule has 318 valence electrons. The average Bonchev–Trinajstić information content (AvgIpc) is 3.97. The maximum Gasteiger partial charge on any atom is 0.308 e. The Bertz CT molecular complexity index is 2390. The number of esters is 1. The molecule has 2 aliphatic rings. The fourth-order valence-electron chi connectivity index (χ4n) is 6.89. The summed E-state index contributed by atoms with van der Waals surface area (Å²) in [5.41, 5.74) is 2.69. The molecule has 6 aromatic heterocycles. The summed E-state index contributed by atoms with van der Waals surface area (Å²) in [5.74, 6) is 2.71. The van der Waals surface area contributed by atoms with Crippen LogP contribution >= 0.6 is 11.6 Å². The normalized spacial score (nSPS) is 15.2. The van der Waals surface area contributed by atoms with Gasteiger partial charge in [0.15, 0.2) is 33.8 Å². The van der Waals surface area contributed by atoms with Crippen molar-refractivity contribution in [3.8, 4) is 23.3 Å². The topological polar surface area (TPSA) is 214 Å². The van der Waals surface area contributed by atoms with E-state index in [0.29, 0.717) is 81.5 Å². The number of nitrogens with one attached hydrogen (secondary N) is 2. The van der Waals surface area contributed by atoms with Gasteiger partial charge in [0.2, 0.25) is 0 Å². The number of aromatic nitrogens is 8. The van der Waals surface area contributed by atoms with Gasteiger partial charge in [-0.3, -0.25) is 9.59 Å². The maximum atomic E-state index is 11.4. The Labute approximate surface area is 351 Å². The van der Waals surface area contributed by atoms with Gasteiger partial charge in [0.25, 0.3) is 11.8 Å². The van der Waals surface area contributed by atoms with E-state index in [9.17, 15) is 14.7 Å². The van der Waals surface area contributed by atoms with E-state index < -0.39 is 11.9 Å². The van der Waals surface area contributed by atoms with Gasteiger partial charge in [0.1, 0.15) is 11.6 Å². The number of methoxy groups -OCH3 is 5. The minimum atomic E-state index is -0.772. The monoisotopic (exact) mass is 845 g/mol. The number of nitrogens with zero attached hydrogens (tertiary/aromatic N) is 9. The largest absolute Gasteiger partial charge is 0.491 e. The Kier molecular flexibility index (Phi) is 14.6. The number of piperidine rings is 1. The number of aliphatic carboxylic acids is 1. The number of carboxylic acid groups (broad SMARTS) is 1. The van der Waals surface area contributed by atoms with Crippen LogP contribution in [0, 0.1) is 11.8 Å². The second kappa shape index (κ2) is 20.4. The summed E-state index contributed by atoms with van der Waals surface area (Å²) in [6.07, 6.45) is 14.0. The van der Waals surface area contributed by atoms with Gasteiger partial charge in [0, 0.05) is 50.0 Å². The molecule has 19 nitrogen and oxygen atoms in total. The molecule has 2 fully saturated rings. The number of ether oxygens (including phenoxy) is 5. The van der Waals surface area contributed by atoms with Gasteiger partial charge >= 0.3 is 11.9 Å². The molecule has 0 bridgehead atoms. The van der Waals surface area contributed by atoms with E-state index in [1.807, 2.05) is 11.0 Å². The van der Waals surface area contributed by atoms with Crippen molar-refractivity contribution in [1.29, 1.82) is 0 Å². The highest BCUT2D eigenvalue weighted by molar-refractivity contribution is 6.29. The predicted molar refractivity (Wildman–Crippen MR) is 223 cm³/mol. The molecule has 0 amide bonds. The summed E-state index contributed by atoms with van der Waals surface area (Å²) in [6.45, 7) is 1.18. The highest BCUT2D eigenvalue weighted by Crippen LogP contribution is 2.32. The Morgan fingerprint density at radius 2 is 1.27 bits per heavy atom. The summed E-state index contributed by atoms with van der Waals surface area (Å²) < 4.78 is 28.7. The Balaban J connectivity index is 0.000000169. The number of carbonyl (C=O) groups is 2. The first-order chi connectivity index (χ1) is 29.1. The lowest BCUT2D eigenvalue weighted by atomic mass is 9.89. The van der Waals surface area contributed by atoms with Crippen LogP contribution in [0.1, 0.15) is 44.9 Å². The molecule has 1 aliphatic carbocycles. The Morgan fingerprint density at radius 3 is 1.80 bits per heavy atom. The van der Waals surface area contributed by atoms with Crippen molar-refractivity contribution in [3.05, 3.63) is 66.3 Å². The number of fused-ring (bicyclic) bond motifs is 2. The quantitative estimate of drug-likeness (QED) is 0.119. The summed E-state index contributed by atoms with van der Waals surface area (Å²) >= 11 is 5.99. The fourth-order valence-corrected chi connectivity index (χ4v) is 7.08. The van der Waals surface area contributed by atoms with E-state index in [1.165, 1.54) is 40.6 Å². The number of carbonyl (C=O) groups excluding carboxylic acids is 1. The average molecular weight is 846 g/mol. The first-order valence-electron chi connectivity index (χ1n) is 19.3. The van der Waals surface area contributed by atoms with Crippen LogP contribution in [0.15, 0.2) is 61.2 Å². The zero-order valence-corrected chi connectivity index (χ0v) is 34.8. The van der Waals surface area contributed by atoms with Crippen molar-refractivity contribution in [3.63, 3.8) is 0 Å². The molecule has 3 N–H and O–H groups in total. The summed E-state index contributed by atoms with van der Waals surface area (Å²) in [5, 5.41) is 24.8. The van der Waals surface area contributed by atoms with Crippen molar-refractivity contribution >= 4 is 63.7 Å². The third kappa shape index (κ3) is 10.5. The molecular weight excluding hydrogens is 798 g/mol. The minimum absolute atomic E-state index is 0.0142. The van der Waals surface area contributed by atoms with Crippen molar-refractivity contribution in [1.82, 2.24) is 39.2 Å². The van der Waals surface area contributed by atoms with Crippen LogP contribution in [-0.2, 0) is 14.3 Å². The molecule has 8 rings (SSSR count). The SMILES string of the molecule is COC(=O)C1CCCCC1.COc1ccc(Nc2cc(Cl)nn3ccnc23)nc1OC.COc1ccc(Nc2cc(N3CCCC(C(=O)O)C3)nn3ccnc23)nc1OC. The highest BCUT2D eigenvalue weighted by Gasteiger charge is 2.27. The Morgan fingerprint density at radius 1 is 0.717 bits per heavy atom. The van der Waals surface area contributed by atoms with Crippen LogP contribution in [0.5, 0.6) is 23.3 Å². The van der Waals surface area contributed by atoms with E-state index >= 15 is 0 Å². The van der Waals surface area contributed by atoms with Crippen LogP contribution in [0.25, 0.3) is 11.3 Å². The van der Waals surface area contributed by atoms with Gasteiger partial charge in [0.05, 0.1) is 58.8 Å². The van der Waals surface area contributed by atoms with Crippen LogP contribution in [0.2, 0.25) is 5.15 Å².